The minimum absolute atomic E-state index is 0.0791. The molecule has 4 heteroatoms. The van der Waals surface area contributed by atoms with Crippen molar-refractivity contribution < 1.29 is 5.11 Å². The van der Waals surface area contributed by atoms with E-state index in [4.69, 9.17) is 4.98 Å². The molecule has 2 aromatic rings. The Bertz CT molecular complexity index is 577. The second-order valence-electron chi connectivity index (χ2n) is 5.61. The van der Waals surface area contributed by atoms with Crippen molar-refractivity contribution in [2.75, 3.05) is 11.9 Å². The molecule has 0 aliphatic rings. The van der Waals surface area contributed by atoms with Crippen LogP contribution in [0.1, 0.15) is 47.9 Å². The molecule has 1 aromatic heterocycles. The number of aryl methyl sites for hydroxylation is 1. The Balaban J connectivity index is 2.17. The molecule has 1 N–H and O–H groups in total. The Labute approximate surface area is 131 Å². The van der Waals surface area contributed by atoms with Crippen LogP contribution in [-0.2, 0) is 13.2 Å². The number of aliphatic hydroxyl groups is 1. The van der Waals surface area contributed by atoms with Gasteiger partial charge in [0.25, 0.3) is 0 Å². The topological polar surface area (TPSA) is 36.4 Å². The summed E-state index contributed by atoms with van der Waals surface area (Å²) in [5.74, 6) is 0.393. The Morgan fingerprint density at radius 3 is 2.52 bits per heavy atom. The third-order valence-electron chi connectivity index (χ3n) is 3.81. The molecule has 0 spiro atoms. The van der Waals surface area contributed by atoms with Crippen LogP contribution in [-0.4, -0.2) is 17.1 Å². The van der Waals surface area contributed by atoms with Crippen molar-refractivity contribution in [3.63, 3.8) is 0 Å². The largest absolute Gasteiger partial charge is 0.391 e. The number of rotatable bonds is 6. The molecule has 0 bridgehead atoms. The molecule has 0 aliphatic carbocycles. The van der Waals surface area contributed by atoms with Gasteiger partial charge < -0.3 is 10.0 Å². The zero-order chi connectivity index (χ0) is 15.4. The molecule has 114 valence electrons. The minimum atomic E-state index is 0.0791. The summed E-state index contributed by atoms with van der Waals surface area (Å²) in [4.78, 5) is 7.90. The summed E-state index contributed by atoms with van der Waals surface area (Å²) in [6.07, 6.45) is 1.04. The number of aromatic nitrogens is 1. The van der Waals surface area contributed by atoms with Crippen LogP contribution in [0.2, 0.25) is 0 Å². The van der Waals surface area contributed by atoms with Gasteiger partial charge in [-0.2, -0.15) is 0 Å². The van der Waals surface area contributed by atoms with Crippen LogP contribution >= 0.6 is 11.3 Å². The number of aliphatic hydroxyl groups excluding tert-OH is 1. The van der Waals surface area contributed by atoms with Gasteiger partial charge in [-0.15, -0.1) is 0 Å². The zero-order valence-electron chi connectivity index (χ0n) is 13.3. The molecule has 0 amide bonds. The fourth-order valence-corrected chi connectivity index (χ4v) is 3.24. The second-order valence-corrected chi connectivity index (χ2v) is 6.68. The molecule has 0 aliphatic heterocycles. The van der Waals surface area contributed by atoms with Crippen molar-refractivity contribution >= 4 is 16.5 Å². The summed E-state index contributed by atoms with van der Waals surface area (Å²) in [7, 11) is 2.06. The lowest BCUT2D eigenvalue weighted by Gasteiger charge is -2.16. The highest BCUT2D eigenvalue weighted by Gasteiger charge is 2.17. The van der Waals surface area contributed by atoms with Gasteiger partial charge in [0, 0.05) is 13.6 Å². The van der Waals surface area contributed by atoms with Crippen LogP contribution in [0.5, 0.6) is 0 Å². The lowest BCUT2D eigenvalue weighted by molar-refractivity contribution is 0.283. The van der Waals surface area contributed by atoms with Gasteiger partial charge in [0.2, 0.25) is 0 Å². The zero-order valence-corrected chi connectivity index (χ0v) is 14.1. The molecule has 1 atom stereocenters. The summed E-state index contributed by atoms with van der Waals surface area (Å²) in [6.45, 7) is 7.33. The first-order chi connectivity index (χ1) is 10.0. The molecule has 1 heterocycles. The molecule has 1 aromatic carbocycles. The second kappa shape index (κ2) is 7.05. The van der Waals surface area contributed by atoms with Crippen LogP contribution in [0.3, 0.4) is 0 Å². The number of anilines is 1. The van der Waals surface area contributed by atoms with Gasteiger partial charge in [0.15, 0.2) is 5.13 Å². The van der Waals surface area contributed by atoms with E-state index in [-0.39, 0.29) is 6.61 Å². The number of hydrogen-bond acceptors (Lipinski definition) is 4. The molecule has 1 unspecified atom stereocenters. The third-order valence-corrected chi connectivity index (χ3v) is 4.98. The van der Waals surface area contributed by atoms with E-state index in [1.807, 2.05) is 0 Å². The van der Waals surface area contributed by atoms with Gasteiger partial charge in [0.05, 0.1) is 17.2 Å². The SMILES string of the molecule is CCC(C)c1nc(N(C)Cc2ccc(C)cc2)sc1CO. The molecular formula is C17H24N2OS. The maximum Gasteiger partial charge on any atom is 0.185 e. The predicted octanol–water partition coefficient (Wildman–Crippen LogP) is 4.09. The van der Waals surface area contributed by atoms with Crippen LogP contribution in [0.15, 0.2) is 24.3 Å². The van der Waals surface area contributed by atoms with Gasteiger partial charge in [-0.1, -0.05) is 55.0 Å². The van der Waals surface area contributed by atoms with E-state index in [0.29, 0.717) is 5.92 Å². The van der Waals surface area contributed by atoms with Gasteiger partial charge in [-0.05, 0) is 24.8 Å². The average Bonchev–Trinajstić information content (AvgIpc) is 2.93. The highest BCUT2D eigenvalue weighted by molar-refractivity contribution is 7.15. The van der Waals surface area contributed by atoms with Gasteiger partial charge in [0.1, 0.15) is 0 Å². The lowest BCUT2D eigenvalue weighted by atomic mass is 10.0. The summed E-state index contributed by atoms with van der Waals surface area (Å²) < 4.78 is 0. The molecule has 0 saturated heterocycles. The Hall–Kier alpha value is -1.39. The van der Waals surface area contributed by atoms with E-state index in [0.717, 1.165) is 28.7 Å². The van der Waals surface area contributed by atoms with Gasteiger partial charge in [-0.25, -0.2) is 4.98 Å². The first kappa shape index (κ1) is 16.0. The van der Waals surface area contributed by atoms with Crippen molar-refractivity contribution in [2.24, 2.45) is 0 Å². The van der Waals surface area contributed by atoms with E-state index in [1.165, 1.54) is 11.1 Å². The summed E-state index contributed by atoms with van der Waals surface area (Å²) in [5.41, 5.74) is 3.60. The predicted molar refractivity (Wildman–Crippen MR) is 90.0 cm³/mol. The van der Waals surface area contributed by atoms with E-state index >= 15 is 0 Å². The van der Waals surface area contributed by atoms with Gasteiger partial charge >= 0.3 is 0 Å². The third kappa shape index (κ3) is 3.83. The molecule has 21 heavy (non-hydrogen) atoms. The lowest BCUT2D eigenvalue weighted by Crippen LogP contribution is -2.16. The maximum absolute atomic E-state index is 9.53. The summed E-state index contributed by atoms with van der Waals surface area (Å²) in [5, 5.41) is 10.5. The van der Waals surface area contributed by atoms with Crippen molar-refractivity contribution in [1.82, 2.24) is 4.98 Å². The van der Waals surface area contributed by atoms with Crippen LogP contribution in [0.4, 0.5) is 5.13 Å². The minimum Gasteiger partial charge on any atom is -0.391 e. The Morgan fingerprint density at radius 2 is 1.95 bits per heavy atom. The van der Waals surface area contributed by atoms with E-state index in [2.05, 4.69) is 57.0 Å². The smallest absolute Gasteiger partial charge is 0.185 e. The molecule has 0 fully saturated rings. The number of nitrogens with zero attached hydrogens (tertiary/aromatic N) is 2. The first-order valence-electron chi connectivity index (χ1n) is 7.42. The highest BCUT2D eigenvalue weighted by Crippen LogP contribution is 2.32. The average molecular weight is 304 g/mol. The number of hydrogen-bond donors (Lipinski definition) is 1. The van der Waals surface area contributed by atoms with Crippen molar-refractivity contribution in [3.05, 3.63) is 46.0 Å². The van der Waals surface area contributed by atoms with Crippen molar-refractivity contribution in [3.8, 4) is 0 Å². The van der Waals surface area contributed by atoms with Gasteiger partial charge in [-0.3, -0.25) is 0 Å². The number of thiazole rings is 1. The number of benzene rings is 1. The van der Waals surface area contributed by atoms with E-state index in [1.54, 1.807) is 11.3 Å². The molecule has 2 rings (SSSR count). The Morgan fingerprint density at radius 1 is 1.29 bits per heavy atom. The summed E-state index contributed by atoms with van der Waals surface area (Å²) in [6, 6.07) is 8.58. The monoisotopic (exact) mass is 304 g/mol. The molecule has 0 radical (unpaired) electrons. The summed E-state index contributed by atoms with van der Waals surface area (Å²) >= 11 is 1.60. The van der Waals surface area contributed by atoms with E-state index < -0.39 is 0 Å². The fourth-order valence-electron chi connectivity index (χ4n) is 2.24. The highest BCUT2D eigenvalue weighted by atomic mass is 32.1. The standard InChI is InChI=1S/C17H24N2OS/c1-5-13(3)16-15(11-20)21-17(18-16)19(4)10-14-8-6-12(2)7-9-14/h6-9,13,20H,5,10-11H2,1-4H3. The molecular weight excluding hydrogens is 280 g/mol. The van der Waals surface area contributed by atoms with Crippen LogP contribution in [0.25, 0.3) is 0 Å². The van der Waals surface area contributed by atoms with Crippen molar-refractivity contribution in [1.29, 1.82) is 0 Å². The van der Waals surface area contributed by atoms with Crippen LogP contribution in [0, 0.1) is 6.92 Å². The fraction of sp³-hybridized carbons (Fsp3) is 0.471. The quantitative estimate of drug-likeness (QED) is 0.873. The van der Waals surface area contributed by atoms with E-state index in [9.17, 15) is 5.11 Å². The normalized spacial score (nSPS) is 12.4. The molecule has 0 saturated carbocycles. The molecule has 3 nitrogen and oxygen atoms in total. The van der Waals surface area contributed by atoms with Crippen molar-refractivity contribution in [2.45, 2.75) is 46.3 Å². The maximum atomic E-state index is 9.53. The van der Waals surface area contributed by atoms with Crippen LogP contribution < -0.4 is 4.90 Å². The first-order valence-corrected chi connectivity index (χ1v) is 8.24. The Kier molecular flexibility index (Phi) is 5.37.